The Morgan fingerprint density at radius 2 is 1.89 bits per heavy atom. The first-order chi connectivity index (χ1) is 8.56. The fraction of sp³-hybridized carbons (Fsp3) is 0.533. The SMILES string of the molecule is C[C@H]1C[C@H](C)C[NH+](CC(=O)c2ccccc2Br)C1. The summed E-state index contributed by atoms with van der Waals surface area (Å²) in [5.74, 6) is 1.71. The lowest BCUT2D eigenvalue weighted by Crippen LogP contribution is -3.15. The van der Waals surface area contributed by atoms with Crippen LogP contribution >= 0.6 is 15.9 Å². The van der Waals surface area contributed by atoms with Crippen LogP contribution in [0.5, 0.6) is 0 Å². The van der Waals surface area contributed by atoms with E-state index in [1.165, 1.54) is 11.3 Å². The molecule has 0 aliphatic carbocycles. The van der Waals surface area contributed by atoms with Crippen LogP contribution in [0.2, 0.25) is 0 Å². The summed E-state index contributed by atoms with van der Waals surface area (Å²) in [6, 6.07) is 7.71. The molecule has 1 heterocycles. The van der Waals surface area contributed by atoms with Gasteiger partial charge in [-0.05, 0) is 12.5 Å². The predicted molar refractivity (Wildman–Crippen MR) is 77.0 cm³/mol. The number of hydrogen-bond acceptors (Lipinski definition) is 1. The molecule has 0 saturated carbocycles. The van der Waals surface area contributed by atoms with Crippen molar-refractivity contribution in [2.24, 2.45) is 11.8 Å². The summed E-state index contributed by atoms with van der Waals surface area (Å²) in [6.07, 6.45) is 1.30. The maximum Gasteiger partial charge on any atom is 0.217 e. The van der Waals surface area contributed by atoms with Crippen LogP contribution in [-0.2, 0) is 0 Å². The van der Waals surface area contributed by atoms with Crippen LogP contribution in [0.25, 0.3) is 0 Å². The van der Waals surface area contributed by atoms with Crippen molar-refractivity contribution < 1.29 is 9.69 Å². The number of rotatable bonds is 3. The maximum absolute atomic E-state index is 12.3. The molecule has 1 N–H and O–H groups in total. The zero-order valence-corrected chi connectivity index (χ0v) is 12.7. The Kier molecular flexibility index (Phi) is 4.57. The van der Waals surface area contributed by atoms with Gasteiger partial charge in [-0.2, -0.15) is 0 Å². The second-order valence-electron chi connectivity index (χ2n) is 5.68. The Hall–Kier alpha value is -0.670. The van der Waals surface area contributed by atoms with E-state index in [-0.39, 0.29) is 5.78 Å². The summed E-state index contributed by atoms with van der Waals surface area (Å²) < 4.78 is 0.910. The van der Waals surface area contributed by atoms with Gasteiger partial charge in [0.05, 0.1) is 13.1 Å². The molecule has 0 bridgehead atoms. The molecule has 1 aliphatic heterocycles. The van der Waals surface area contributed by atoms with Gasteiger partial charge in [0.1, 0.15) is 6.54 Å². The molecule has 2 nitrogen and oxygen atoms in total. The number of hydrogen-bond donors (Lipinski definition) is 1. The first-order valence-electron chi connectivity index (χ1n) is 6.67. The second-order valence-corrected chi connectivity index (χ2v) is 6.54. The van der Waals surface area contributed by atoms with Crippen molar-refractivity contribution in [3.8, 4) is 0 Å². The van der Waals surface area contributed by atoms with Gasteiger partial charge >= 0.3 is 0 Å². The van der Waals surface area contributed by atoms with Crippen molar-refractivity contribution in [1.29, 1.82) is 0 Å². The number of piperidine rings is 1. The van der Waals surface area contributed by atoms with E-state index in [0.717, 1.165) is 35.0 Å². The number of benzene rings is 1. The van der Waals surface area contributed by atoms with Crippen LogP contribution in [0.1, 0.15) is 30.6 Å². The van der Waals surface area contributed by atoms with Crippen LogP contribution in [0, 0.1) is 11.8 Å². The Morgan fingerprint density at radius 1 is 1.28 bits per heavy atom. The summed E-state index contributed by atoms with van der Waals surface area (Å²) in [5, 5.41) is 0. The number of quaternary nitrogens is 1. The highest BCUT2D eigenvalue weighted by molar-refractivity contribution is 9.10. The minimum Gasteiger partial charge on any atom is -0.328 e. The molecule has 1 saturated heterocycles. The fourth-order valence-electron chi connectivity index (χ4n) is 3.08. The van der Waals surface area contributed by atoms with Gasteiger partial charge in [-0.15, -0.1) is 0 Å². The molecule has 0 amide bonds. The van der Waals surface area contributed by atoms with Gasteiger partial charge in [0.25, 0.3) is 0 Å². The molecule has 1 aromatic rings. The topological polar surface area (TPSA) is 21.5 Å². The molecule has 0 aromatic heterocycles. The number of halogens is 1. The van der Waals surface area contributed by atoms with E-state index in [0.29, 0.717) is 6.54 Å². The molecule has 98 valence electrons. The van der Waals surface area contributed by atoms with E-state index in [4.69, 9.17) is 0 Å². The number of likely N-dealkylation sites (tertiary alicyclic amines) is 1. The third kappa shape index (κ3) is 3.42. The Balaban J connectivity index is 2.01. The monoisotopic (exact) mass is 310 g/mol. The minimum atomic E-state index is 0.249. The number of Topliss-reactive ketones (excluding diaryl/α,β-unsaturated/α-hetero) is 1. The molecule has 1 aromatic carbocycles. The third-order valence-electron chi connectivity index (χ3n) is 3.66. The van der Waals surface area contributed by atoms with Crippen molar-refractivity contribution in [1.82, 2.24) is 0 Å². The molecule has 0 spiro atoms. The molecule has 1 aliphatic rings. The molecular weight excluding hydrogens is 290 g/mol. The highest BCUT2D eigenvalue weighted by atomic mass is 79.9. The summed E-state index contributed by atoms with van der Waals surface area (Å²) in [6.45, 7) is 7.45. The van der Waals surface area contributed by atoms with Gasteiger partial charge in [-0.3, -0.25) is 4.79 Å². The van der Waals surface area contributed by atoms with E-state index in [2.05, 4.69) is 29.8 Å². The summed E-state index contributed by atoms with van der Waals surface area (Å²) in [4.78, 5) is 13.7. The lowest BCUT2D eigenvalue weighted by atomic mass is 9.91. The summed E-state index contributed by atoms with van der Waals surface area (Å²) >= 11 is 3.46. The van der Waals surface area contributed by atoms with E-state index < -0.39 is 0 Å². The van der Waals surface area contributed by atoms with Crippen LogP contribution < -0.4 is 4.90 Å². The first kappa shape index (κ1) is 13.8. The molecule has 1 fully saturated rings. The van der Waals surface area contributed by atoms with Crippen molar-refractivity contribution in [3.63, 3.8) is 0 Å². The third-order valence-corrected chi connectivity index (χ3v) is 4.36. The largest absolute Gasteiger partial charge is 0.328 e. The normalized spacial score (nSPS) is 28.1. The van der Waals surface area contributed by atoms with E-state index >= 15 is 0 Å². The van der Waals surface area contributed by atoms with Crippen molar-refractivity contribution in [2.45, 2.75) is 20.3 Å². The van der Waals surface area contributed by atoms with Crippen molar-refractivity contribution in [2.75, 3.05) is 19.6 Å². The lowest BCUT2D eigenvalue weighted by Gasteiger charge is -2.31. The van der Waals surface area contributed by atoms with E-state index in [9.17, 15) is 4.79 Å². The molecule has 3 heteroatoms. The Labute approximate surface area is 117 Å². The standard InChI is InChI=1S/C15H20BrNO/c1-11-7-12(2)9-17(8-11)10-15(18)13-5-3-4-6-14(13)16/h3-6,11-12H,7-10H2,1-2H3/p+1/t11-,12-/m0/s1. The highest BCUT2D eigenvalue weighted by Crippen LogP contribution is 2.16. The number of carbonyl (C=O) groups excluding carboxylic acids is 1. The van der Waals surface area contributed by atoms with Crippen LogP contribution in [-0.4, -0.2) is 25.4 Å². The molecular formula is C15H21BrNO+. The number of carbonyl (C=O) groups is 1. The minimum absolute atomic E-state index is 0.249. The number of nitrogens with one attached hydrogen (secondary N) is 1. The fourth-order valence-corrected chi connectivity index (χ4v) is 3.58. The average molecular weight is 311 g/mol. The quantitative estimate of drug-likeness (QED) is 0.849. The van der Waals surface area contributed by atoms with Gasteiger partial charge in [-0.25, -0.2) is 0 Å². The van der Waals surface area contributed by atoms with Gasteiger partial charge in [0.15, 0.2) is 0 Å². The van der Waals surface area contributed by atoms with Crippen LogP contribution in [0.15, 0.2) is 28.7 Å². The highest BCUT2D eigenvalue weighted by Gasteiger charge is 2.27. The van der Waals surface area contributed by atoms with E-state index in [1.807, 2.05) is 24.3 Å². The Bertz CT molecular complexity index is 422. The van der Waals surface area contributed by atoms with Gasteiger partial charge in [0.2, 0.25) is 5.78 Å². The van der Waals surface area contributed by atoms with Gasteiger partial charge in [-0.1, -0.05) is 48.0 Å². The molecule has 2 rings (SSSR count). The number of ketones is 1. The lowest BCUT2D eigenvalue weighted by molar-refractivity contribution is -0.903. The van der Waals surface area contributed by atoms with E-state index in [1.54, 1.807) is 0 Å². The molecule has 18 heavy (non-hydrogen) atoms. The smallest absolute Gasteiger partial charge is 0.217 e. The second kappa shape index (κ2) is 5.98. The molecule has 0 radical (unpaired) electrons. The average Bonchev–Trinajstić information content (AvgIpc) is 2.27. The molecule has 0 unspecified atom stereocenters. The summed E-state index contributed by atoms with van der Waals surface area (Å²) in [7, 11) is 0. The van der Waals surface area contributed by atoms with Crippen LogP contribution in [0.3, 0.4) is 0 Å². The van der Waals surface area contributed by atoms with Crippen molar-refractivity contribution >= 4 is 21.7 Å². The van der Waals surface area contributed by atoms with Crippen LogP contribution in [0.4, 0.5) is 0 Å². The Morgan fingerprint density at radius 3 is 2.50 bits per heavy atom. The maximum atomic E-state index is 12.3. The zero-order chi connectivity index (χ0) is 13.1. The molecule has 2 atom stereocenters. The van der Waals surface area contributed by atoms with Gasteiger partial charge < -0.3 is 4.90 Å². The first-order valence-corrected chi connectivity index (χ1v) is 7.47. The van der Waals surface area contributed by atoms with Gasteiger partial charge in [0, 0.05) is 21.9 Å². The van der Waals surface area contributed by atoms with Crippen molar-refractivity contribution in [3.05, 3.63) is 34.3 Å². The zero-order valence-electron chi connectivity index (χ0n) is 11.1. The predicted octanol–water partition coefficient (Wildman–Crippen LogP) is 2.19. The summed E-state index contributed by atoms with van der Waals surface area (Å²) in [5.41, 5.74) is 0.816.